The lowest BCUT2D eigenvalue weighted by Crippen LogP contribution is -1.97. The molecule has 0 radical (unpaired) electrons. The molecule has 0 saturated heterocycles. The molecule has 0 unspecified atom stereocenters. The molecule has 0 amide bonds. The number of pyridine rings is 1. The van der Waals surface area contributed by atoms with Crippen LogP contribution in [0.5, 0.6) is 0 Å². The van der Waals surface area contributed by atoms with Crippen LogP contribution >= 0.6 is 15.9 Å². The quantitative estimate of drug-likeness (QED) is 0.909. The smallest absolute Gasteiger partial charge is 0.153 e. The first-order valence-electron chi connectivity index (χ1n) is 4.54. The number of anilines is 2. The van der Waals surface area contributed by atoms with Crippen molar-refractivity contribution in [3.05, 3.63) is 34.6 Å². The van der Waals surface area contributed by atoms with Crippen molar-refractivity contribution in [1.82, 2.24) is 14.8 Å². The van der Waals surface area contributed by atoms with Crippen LogP contribution in [-0.2, 0) is 7.05 Å². The van der Waals surface area contributed by atoms with E-state index in [9.17, 15) is 0 Å². The summed E-state index contributed by atoms with van der Waals surface area (Å²) in [5.41, 5.74) is 1.08. The summed E-state index contributed by atoms with van der Waals surface area (Å²) >= 11 is 3.38. The first-order valence-corrected chi connectivity index (χ1v) is 5.33. The summed E-state index contributed by atoms with van der Waals surface area (Å²) in [4.78, 5) is 4.28. The first-order chi connectivity index (χ1) is 7.15. The van der Waals surface area contributed by atoms with E-state index in [4.69, 9.17) is 0 Å². The molecule has 0 spiro atoms. The van der Waals surface area contributed by atoms with Gasteiger partial charge in [-0.1, -0.05) is 0 Å². The lowest BCUT2D eigenvalue weighted by atomic mass is 10.3. The van der Waals surface area contributed by atoms with Gasteiger partial charge in [-0.3, -0.25) is 4.68 Å². The Morgan fingerprint density at radius 1 is 1.47 bits per heavy atom. The predicted molar refractivity (Wildman–Crippen MR) is 63.2 cm³/mol. The summed E-state index contributed by atoms with van der Waals surface area (Å²) in [6.45, 7) is 2.00. The highest BCUT2D eigenvalue weighted by Crippen LogP contribution is 2.19. The van der Waals surface area contributed by atoms with Crippen molar-refractivity contribution in [2.45, 2.75) is 6.92 Å². The van der Waals surface area contributed by atoms with Gasteiger partial charge < -0.3 is 5.32 Å². The Kier molecular flexibility index (Phi) is 2.73. The fraction of sp³-hybridized carbons (Fsp3) is 0.200. The lowest BCUT2D eigenvalue weighted by Gasteiger charge is -2.05. The van der Waals surface area contributed by atoms with Crippen LogP contribution in [0.3, 0.4) is 0 Å². The van der Waals surface area contributed by atoms with Crippen LogP contribution in [0.25, 0.3) is 0 Å². The lowest BCUT2D eigenvalue weighted by molar-refractivity contribution is 0.771. The van der Waals surface area contributed by atoms with Crippen molar-refractivity contribution in [3.63, 3.8) is 0 Å². The standard InChI is InChI=1S/C10H11BrN4/c1-7-5-8(11)6-12-10(7)13-9-3-4-15(2)14-9/h3-6H,1-2H3,(H,12,13,14). The van der Waals surface area contributed by atoms with Gasteiger partial charge in [-0.2, -0.15) is 5.10 Å². The summed E-state index contributed by atoms with van der Waals surface area (Å²) in [6.07, 6.45) is 3.65. The van der Waals surface area contributed by atoms with E-state index in [1.54, 1.807) is 10.9 Å². The molecule has 78 valence electrons. The maximum atomic E-state index is 4.28. The van der Waals surface area contributed by atoms with Gasteiger partial charge in [0.2, 0.25) is 0 Å². The second kappa shape index (κ2) is 4.02. The summed E-state index contributed by atoms with van der Waals surface area (Å²) in [7, 11) is 1.88. The number of rotatable bonds is 2. The molecule has 1 N–H and O–H groups in total. The zero-order chi connectivity index (χ0) is 10.8. The predicted octanol–water partition coefficient (Wildman–Crippen LogP) is 2.63. The van der Waals surface area contributed by atoms with Gasteiger partial charge in [0.1, 0.15) is 5.82 Å². The van der Waals surface area contributed by atoms with Gasteiger partial charge in [0.15, 0.2) is 5.82 Å². The van der Waals surface area contributed by atoms with Crippen LogP contribution in [0.2, 0.25) is 0 Å². The van der Waals surface area contributed by atoms with E-state index < -0.39 is 0 Å². The van der Waals surface area contributed by atoms with E-state index in [1.807, 2.05) is 32.3 Å². The number of hydrogen-bond acceptors (Lipinski definition) is 3. The Morgan fingerprint density at radius 2 is 2.27 bits per heavy atom. The molecule has 2 heterocycles. The SMILES string of the molecule is Cc1cc(Br)cnc1Nc1ccn(C)n1. The first kappa shape index (κ1) is 10.2. The van der Waals surface area contributed by atoms with E-state index in [2.05, 4.69) is 31.3 Å². The van der Waals surface area contributed by atoms with Crippen molar-refractivity contribution in [2.24, 2.45) is 7.05 Å². The number of aromatic nitrogens is 3. The Bertz CT molecular complexity index is 478. The molecule has 0 fully saturated rings. The number of hydrogen-bond donors (Lipinski definition) is 1. The van der Waals surface area contributed by atoms with Crippen LogP contribution in [-0.4, -0.2) is 14.8 Å². The monoisotopic (exact) mass is 266 g/mol. The number of aryl methyl sites for hydroxylation is 2. The van der Waals surface area contributed by atoms with E-state index >= 15 is 0 Å². The molecule has 15 heavy (non-hydrogen) atoms. The van der Waals surface area contributed by atoms with E-state index in [0.717, 1.165) is 21.7 Å². The van der Waals surface area contributed by atoms with E-state index in [0.29, 0.717) is 0 Å². The molecular weight excluding hydrogens is 256 g/mol. The van der Waals surface area contributed by atoms with Crippen LogP contribution < -0.4 is 5.32 Å². The molecular formula is C10H11BrN4. The summed E-state index contributed by atoms with van der Waals surface area (Å²) < 4.78 is 2.72. The Labute approximate surface area is 96.5 Å². The molecule has 2 aromatic heterocycles. The van der Waals surface area contributed by atoms with E-state index in [-0.39, 0.29) is 0 Å². The van der Waals surface area contributed by atoms with Crippen molar-refractivity contribution in [2.75, 3.05) is 5.32 Å². The van der Waals surface area contributed by atoms with Crippen molar-refractivity contribution in [3.8, 4) is 0 Å². The summed E-state index contributed by atoms with van der Waals surface area (Å²) in [5, 5.41) is 7.38. The second-order valence-corrected chi connectivity index (χ2v) is 4.23. The second-order valence-electron chi connectivity index (χ2n) is 3.32. The molecule has 0 aromatic carbocycles. The minimum Gasteiger partial charge on any atom is -0.323 e. The molecule has 2 rings (SSSR count). The number of nitrogens with zero attached hydrogens (tertiary/aromatic N) is 3. The number of nitrogens with one attached hydrogen (secondary N) is 1. The Balaban J connectivity index is 2.24. The average molecular weight is 267 g/mol. The highest BCUT2D eigenvalue weighted by Gasteiger charge is 2.02. The van der Waals surface area contributed by atoms with Crippen molar-refractivity contribution < 1.29 is 0 Å². The maximum absolute atomic E-state index is 4.28. The molecule has 0 aliphatic rings. The molecule has 0 aliphatic heterocycles. The minimum absolute atomic E-state index is 0.801. The summed E-state index contributed by atoms with van der Waals surface area (Å²) in [5.74, 6) is 1.63. The average Bonchev–Trinajstić information content (AvgIpc) is 2.56. The normalized spacial score (nSPS) is 10.3. The van der Waals surface area contributed by atoms with Gasteiger partial charge in [-0.15, -0.1) is 0 Å². The third-order valence-electron chi connectivity index (χ3n) is 2.00. The van der Waals surface area contributed by atoms with Gasteiger partial charge >= 0.3 is 0 Å². The van der Waals surface area contributed by atoms with Gasteiger partial charge in [0.25, 0.3) is 0 Å². The molecule has 0 saturated carbocycles. The Morgan fingerprint density at radius 3 is 2.87 bits per heavy atom. The third kappa shape index (κ3) is 2.36. The van der Waals surface area contributed by atoms with Crippen LogP contribution in [0.1, 0.15) is 5.56 Å². The van der Waals surface area contributed by atoms with Crippen LogP contribution in [0, 0.1) is 6.92 Å². The van der Waals surface area contributed by atoms with Gasteiger partial charge in [0.05, 0.1) is 0 Å². The minimum atomic E-state index is 0.801. The molecule has 2 aromatic rings. The molecule has 5 heteroatoms. The van der Waals surface area contributed by atoms with Crippen LogP contribution in [0.15, 0.2) is 29.0 Å². The largest absolute Gasteiger partial charge is 0.323 e. The zero-order valence-electron chi connectivity index (χ0n) is 8.53. The Hall–Kier alpha value is -1.36. The fourth-order valence-corrected chi connectivity index (χ4v) is 1.72. The molecule has 0 aliphatic carbocycles. The maximum Gasteiger partial charge on any atom is 0.153 e. The van der Waals surface area contributed by atoms with Crippen molar-refractivity contribution >= 4 is 27.6 Å². The summed E-state index contributed by atoms with van der Waals surface area (Å²) in [6, 6.07) is 3.92. The third-order valence-corrected chi connectivity index (χ3v) is 2.44. The van der Waals surface area contributed by atoms with Crippen molar-refractivity contribution in [1.29, 1.82) is 0 Å². The fourth-order valence-electron chi connectivity index (χ4n) is 1.27. The zero-order valence-corrected chi connectivity index (χ0v) is 10.1. The topological polar surface area (TPSA) is 42.7 Å². The highest BCUT2D eigenvalue weighted by atomic mass is 79.9. The molecule has 0 bridgehead atoms. The number of halogens is 1. The molecule has 4 nitrogen and oxygen atoms in total. The van der Waals surface area contributed by atoms with Gasteiger partial charge in [0, 0.05) is 30.0 Å². The van der Waals surface area contributed by atoms with E-state index in [1.165, 1.54) is 0 Å². The van der Waals surface area contributed by atoms with Crippen LogP contribution in [0.4, 0.5) is 11.6 Å². The highest BCUT2D eigenvalue weighted by molar-refractivity contribution is 9.10. The van der Waals surface area contributed by atoms with Gasteiger partial charge in [-0.25, -0.2) is 4.98 Å². The molecule has 0 atom stereocenters. The van der Waals surface area contributed by atoms with Gasteiger partial charge in [-0.05, 0) is 34.5 Å².